The fraction of sp³-hybridized carbons (Fsp3) is 0.615. The van der Waals surface area contributed by atoms with Crippen LogP contribution in [0.1, 0.15) is 32.3 Å². The van der Waals surface area contributed by atoms with Crippen LogP contribution in [0, 0.1) is 0 Å². The van der Waals surface area contributed by atoms with Gasteiger partial charge in [0.2, 0.25) is 0 Å². The molecule has 1 unspecified atom stereocenters. The molecule has 1 saturated heterocycles. The van der Waals surface area contributed by atoms with Gasteiger partial charge in [0.25, 0.3) is 0 Å². The molecule has 1 fully saturated rings. The van der Waals surface area contributed by atoms with Gasteiger partial charge in [-0.05, 0) is 24.5 Å². The van der Waals surface area contributed by atoms with E-state index >= 15 is 0 Å². The van der Waals surface area contributed by atoms with Crippen LogP contribution in [0.25, 0.3) is 0 Å². The number of nitrogens with zero attached hydrogens (tertiary/aromatic N) is 2. The molecule has 2 heterocycles. The molecule has 1 aliphatic heterocycles. The zero-order valence-corrected chi connectivity index (χ0v) is 10.3. The fourth-order valence-corrected chi connectivity index (χ4v) is 1.98. The molecule has 1 aliphatic rings. The highest BCUT2D eigenvalue weighted by Gasteiger charge is 2.19. The summed E-state index contributed by atoms with van der Waals surface area (Å²) in [5.74, 6) is 1.61. The Hall–Kier alpha value is -1.09. The SMILES string of the molecule is CC(C)c1ccc(N2CCOCC2C)nc1. The average molecular weight is 220 g/mol. The summed E-state index contributed by atoms with van der Waals surface area (Å²) in [6.07, 6.45) is 1.99. The number of pyridine rings is 1. The van der Waals surface area contributed by atoms with Gasteiger partial charge >= 0.3 is 0 Å². The normalized spacial score (nSPS) is 21.5. The first-order valence-corrected chi connectivity index (χ1v) is 5.99. The van der Waals surface area contributed by atoms with Crippen LogP contribution < -0.4 is 4.90 Å². The topological polar surface area (TPSA) is 25.4 Å². The van der Waals surface area contributed by atoms with Crippen molar-refractivity contribution in [3.8, 4) is 0 Å². The molecule has 3 heteroatoms. The van der Waals surface area contributed by atoms with Crippen molar-refractivity contribution in [2.24, 2.45) is 0 Å². The lowest BCUT2D eigenvalue weighted by atomic mass is 10.1. The minimum Gasteiger partial charge on any atom is -0.377 e. The van der Waals surface area contributed by atoms with Gasteiger partial charge in [-0.3, -0.25) is 0 Å². The van der Waals surface area contributed by atoms with Crippen LogP contribution in [0.15, 0.2) is 18.3 Å². The van der Waals surface area contributed by atoms with Crippen molar-refractivity contribution in [3.63, 3.8) is 0 Å². The van der Waals surface area contributed by atoms with E-state index in [1.54, 1.807) is 0 Å². The number of aromatic nitrogens is 1. The van der Waals surface area contributed by atoms with Crippen molar-refractivity contribution >= 4 is 5.82 Å². The molecule has 1 aromatic heterocycles. The number of rotatable bonds is 2. The number of hydrogen-bond acceptors (Lipinski definition) is 3. The molecule has 1 atom stereocenters. The second-order valence-electron chi connectivity index (χ2n) is 4.72. The Bertz CT molecular complexity index is 334. The van der Waals surface area contributed by atoms with Gasteiger partial charge in [-0.25, -0.2) is 4.98 Å². The van der Waals surface area contributed by atoms with E-state index in [1.165, 1.54) is 5.56 Å². The first-order valence-electron chi connectivity index (χ1n) is 5.99. The Morgan fingerprint density at radius 1 is 1.44 bits per heavy atom. The van der Waals surface area contributed by atoms with Crippen LogP contribution in [0.2, 0.25) is 0 Å². The summed E-state index contributed by atoms with van der Waals surface area (Å²) in [5.41, 5.74) is 1.30. The quantitative estimate of drug-likeness (QED) is 0.765. The van der Waals surface area contributed by atoms with Gasteiger partial charge in [-0.1, -0.05) is 19.9 Å². The van der Waals surface area contributed by atoms with Crippen molar-refractivity contribution in [1.29, 1.82) is 0 Å². The molecule has 1 aromatic rings. The first kappa shape index (κ1) is 11.4. The molecule has 0 aliphatic carbocycles. The monoisotopic (exact) mass is 220 g/mol. The van der Waals surface area contributed by atoms with Gasteiger partial charge in [-0.15, -0.1) is 0 Å². The molecule has 0 N–H and O–H groups in total. The number of morpholine rings is 1. The van der Waals surface area contributed by atoms with Crippen LogP contribution in [0.3, 0.4) is 0 Å². The van der Waals surface area contributed by atoms with Crippen LogP contribution in [0.5, 0.6) is 0 Å². The Balaban J connectivity index is 2.14. The van der Waals surface area contributed by atoms with E-state index in [0.29, 0.717) is 12.0 Å². The minimum absolute atomic E-state index is 0.422. The molecular formula is C13H20N2O. The van der Waals surface area contributed by atoms with E-state index in [1.807, 2.05) is 6.20 Å². The summed E-state index contributed by atoms with van der Waals surface area (Å²) in [6, 6.07) is 4.72. The summed E-state index contributed by atoms with van der Waals surface area (Å²) >= 11 is 0. The van der Waals surface area contributed by atoms with Crippen molar-refractivity contribution in [2.75, 3.05) is 24.7 Å². The zero-order chi connectivity index (χ0) is 11.5. The highest BCUT2D eigenvalue weighted by atomic mass is 16.5. The van der Waals surface area contributed by atoms with Crippen LogP contribution in [-0.2, 0) is 4.74 Å². The highest BCUT2D eigenvalue weighted by Crippen LogP contribution is 2.20. The van der Waals surface area contributed by atoms with Gasteiger partial charge in [0.05, 0.1) is 19.3 Å². The maximum Gasteiger partial charge on any atom is 0.128 e. The van der Waals surface area contributed by atoms with E-state index < -0.39 is 0 Å². The number of hydrogen-bond donors (Lipinski definition) is 0. The molecule has 2 rings (SSSR count). The van der Waals surface area contributed by atoms with E-state index in [-0.39, 0.29) is 0 Å². The predicted octanol–water partition coefficient (Wildman–Crippen LogP) is 2.43. The predicted molar refractivity (Wildman–Crippen MR) is 66.0 cm³/mol. The van der Waals surface area contributed by atoms with Crippen molar-refractivity contribution in [2.45, 2.75) is 32.7 Å². The summed E-state index contributed by atoms with van der Waals surface area (Å²) in [5, 5.41) is 0. The third-order valence-corrected chi connectivity index (χ3v) is 3.10. The van der Waals surface area contributed by atoms with Crippen molar-refractivity contribution in [3.05, 3.63) is 23.9 Å². The summed E-state index contributed by atoms with van der Waals surface area (Å²) in [4.78, 5) is 6.86. The molecule has 16 heavy (non-hydrogen) atoms. The van der Waals surface area contributed by atoms with E-state index in [9.17, 15) is 0 Å². The molecule has 88 valence electrons. The smallest absolute Gasteiger partial charge is 0.128 e. The first-order chi connectivity index (χ1) is 7.68. The number of anilines is 1. The van der Waals surface area contributed by atoms with Crippen LogP contribution >= 0.6 is 0 Å². The largest absolute Gasteiger partial charge is 0.377 e. The lowest BCUT2D eigenvalue weighted by molar-refractivity contribution is 0.0985. The van der Waals surface area contributed by atoms with Crippen molar-refractivity contribution in [1.82, 2.24) is 4.98 Å². The molecule has 0 saturated carbocycles. The van der Waals surface area contributed by atoms with E-state index in [0.717, 1.165) is 25.6 Å². The van der Waals surface area contributed by atoms with Crippen LogP contribution in [-0.4, -0.2) is 30.8 Å². The zero-order valence-electron chi connectivity index (χ0n) is 10.3. The second kappa shape index (κ2) is 4.83. The maximum absolute atomic E-state index is 5.43. The Kier molecular flexibility index (Phi) is 3.44. The lowest BCUT2D eigenvalue weighted by Gasteiger charge is -2.34. The molecular weight excluding hydrogens is 200 g/mol. The fourth-order valence-electron chi connectivity index (χ4n) is 1.98. The second-order valence-corrected chi connectivity index (χ2v) is 4.72. The molecule has 3 nitrogen and oxygen atoms in total. The summed E-state index contributed by atoms with van der Waals surface area (Å²) in [6.45, 7) is 9.10. The van der Waals surface area contributed by atoms with Gasteiger partial charge in [-0.2, -0.15) is 0 Å². The Morgan fingerprint density at radius 3 is 2.81 bits per heavy atom. The molecule has 0 amide bonds. The average Bonchev–Trinajstić information content (AvgIpc) is 2.30. The lowest BCUT2D eigenvalue weighted by Crippen LogP contribution is -2.44. The van der Waals surface area contributed by atoms with E-state index in [4.69, 9.17) is 4.74 Å². The summed E-state index contributed by atoms with van der Waals surface area (Å²) < 4.78 is 5.43. The Labute approximate surface area is 97.4 Å². The third kappa shape index (κ3) is 2.35. The van der Waals surface area contributed by atoms with Gasteiger partial charge in [0, 0.05) is 12.7 Å². The maximum atomic E-state index is 5.43. The summed E-state index contributed by atoms with van der Waals surface area (Å²) in [7, 11) is 0. The third-order valence-electron chi connectivity index (χ3n) is 3.10. The highest BCUT2D eigenvalue weighted by molar-refractivity contribution is 5.41. The number of ether oxygens (including phenoxy) is 1. The standard InChI is InChI=1S/C13H20N2O/c1-10(2)12-4-5-13(14-8-12)15-6-7-16-9-11(15)3/h4-5,8,10-11H,6-7,9H2,1-3H3. The van der Waals surface area contributed by atoms with Gasteiger partial charge in [0.1, 0.15) is 5.82 Å². The minimum atomic E-state index is 0.422. The molecule has 0 bridgehead atoms. The Morgan fingerprint density at radius 2 is 2.25 bits per heavy atom. The molecule has 0 aromatic carbocycles. The van der Waals surface area contributed by atoms with Crippen molar-refractivity contribution < 1.29 is 4.74 Å². The van der Waals surface area contributed by atoms with Gasteiger partial charge in [0.15, 0.2) is 0 Å². The van der Waals surface area contributed by atoms with Gasteiger partial charge < -0.3 is 9.64 Å². The van der Waals surface area contributed by atoms with Crippen LogP contribution in [0.4, 0.5) is 5.82 Å². The molecule has 0 radical (unpaired) electrons. The van der Waals surface area contributed by atoms with E-state index in [2.05, 4.69) is 42.8 Å². The molecule has 0 spiro atoms.